The summed E-state index contributed by atoms with van der Waals surface area (Å²) in [6.07, 6.45) is 4.46. The van der Waals surface area contributed by atoms with Crippen molar-refractivity contribution in [3.63, 3.8) is 0 Å². The number of amides is 1. The van der Waals surface area contributed by atoms with E-state index in [1.165, 1.54) is 0 Å². The molecule has 1 aliphatic rings. The molecule has 0 aromatic carbocycles. The van der Waals surface area contributed by atoms with Gasteiger partial charge in [0.15, 0.2) is 0 Å². The largest absolute Gasteiger partial charge is 0.353 e. The number of carbonyl (C=O) groups is 1. The van der Waals surface area contributed by atoms with Crippen LogP contribution in [0.25, 0.3) is 0 Å². The van der Waals surface area contributed by atoms with Gasteiger partial charge in [-0.3, -0.25) is 9.00 Å². The summed E-state index contributed by atoms with van der Waals surface area (Å²) in [5, 5.41) is 6.11. The Kier molecular flexibility index (Phi) is 5.25. The standard InChI is InChI=1S/C10H20N2O2S/c1-8(7-15(2)14)11-6-5-10(13)12-9-3-4-9/h8-9,11H,3-7H2,1-2H3,(H,12,13). The summed E-state index contributed by atoms with van der Waals surface area (Å²) >= 11 is 0. The lowest BCUT2D eigenvalue weighted by Crippen LogP contribution is -2.35. The second-order valence-electron chi connectivity index (χ2n) is 4.19. The van der Waals surface area contributed by atoms with Crippen LogP contribution in [-0.4, -0.2) is 40.8 Å². The van der Waals surface area contributed by atoms with Crippen LogP contribution in [-0.2, 0) is 15.6 Å². The number of rotatable bonds is 7. The van der Waals surface area contributed by atoms with Gasteiger partial charge >= 0.3 is 0 Å². The minimum absolute atomic E-state index is 0.120. The van der Waals surface area contributed by atoms with Crippen LogP contribution in [0.3, 0.4) is 0 Å². The molecule has 1 fully saturated rings. The van der Waals surface area contributed by atoms with E-state index in [2.05, 4.69) is 10.6 Å². The molecule has 0 bridgehead atoms. The topological polar surface area (TPSA) is 58.2 Å². The number of hydrogen-bond donors (Lipinski definition) is 2. The van der Waals surface area contributed by atoms with Crippen molar-refractivity contribution in [2.45, 2.75) is 38.3 Å². The van der Waals surface area contributed by atoms with E-state index in [9.17, 15) is 9.00 Å². The first-order valence-corrected chi connectivity index (χ1v) is 7.13. The SMILES string of the molecule is CC(CS(C)=O)NCCC(=O)NC1CC1. The summed E-state index contributed by atoms with van der Waals surface area (Å²) in [5.41, 5.74) is 0. The molecule has 15 heavy (non-hydrogen) atoms. The molecule has 0 aromatic heterocycles. The lowest BCUT2D eigenvalue weighted by atomic mass is 10.3. The molecule has 0 aromatic rings. The maximum Gasteiger partial charge on any atom is 0.221 e. The van der Waals surface area contributed by atoms with Gasteiger partial charge in [-0.1, -0.05) is 0 Å². The fraction of sp³-hybridized carbons (Fsp3) is 0.900. The molecule has 1 rings (SSSR count). The molecule has 0 aliphatic heterocycles. The average Bonchev–Trinajstić information content (AvgIpc) is 2.86. The van der Waals surface area contributed by atoms with Crippen molar-refractivity contribution in [3.8, 4) is 0 Å². The highest BCUT2D eigenvalue weighted by Gasteiger charge is 2.22. The van der Waals surface area contributed by atoms with Crippen LogP contribution in [0.5, 0.6) is 0 Å². The highest BCUT2D eigenvalue weighted by molar-refractivity contribution is 7.84. The molecule has 0 spiro atoms. The molecule has 4 nitrogen and oxygen atoms in total. The summed E-state index contributed by atoms with van der Waals surface area (Å²) in [5.74, 6) is 0.763. The fourth-order valence-electron chi connectivity index (χ4n) is 1.37. The zero-order valence-electron chi connectivity index (χ0n) is 9.41. The zero-order chi connectivity index (χ0) is 11.3. The molecule has 0 saturated heterocycles. The van der Waals surface area contributed by atoms with E-state index in [1.807, 2.05) is 6.92 Å². The van der Waals surface area contributed by atoms with Gasteiger partial charge in [-0.05, 0) is 19.8 Å². The average molecular weight is 232 g/mol. The Bertz CT molecular complexity index is 242. The molecule has 5 heteroatoms. The summed E-state index contributed by atoms with van der Waals surface area (Å²) in [6.45, 7) is 2.65. The molecule has 0 radical (unpaired) electrons. The van der Waals surface area contributed by atoms with Gasteiger partial charge in [0, 0.05) is 47.9 Å². The Morgan fingerprint density at radius 2 is 2.20 bits per heavy atom. The Hall–Kier alpha value is -0.420. The number of nitrogens with one attached hydrogen (secondary N) is 2. The van der Waals surface area contributed by atoms with Gasteiger partial charge < -0.3 is 10.6 Å². The van der Waals surface area contributed by atoms with Crippen molar-refractivity contribution in [1.29, 1.82) is 0 Å². The van der Waals surface area contributed by atoms with Gasteiger partial charge in [0.1, 0.15) is 0 Å². The molecule has 1 saturated carbocycles. The normalized spacial score (nSPS) is 19.6. The Balaban J connectivity index is 1.99. The van der Waals surface area contributed by atoms with E-state index in [-0.39, 0.29) is 11.9 Å². The lowest BCUT2D eigenvalue weighted by molar-refractivity contribution is -0.121. The third-order valence-electron chi connectivity index (χ3n) is 2.27. The van der Waals surface area contributed by atoms with Gasteiger partial charge in [-0.2, -0.15) is 0 Å². The van der Waals surface area contributed by atoms with Crippen LogP contribution in [0.4, 0.5) is 0 Å². The number of carbonyl (C=O) groups excluding carboxylic acids is 1. The van der Waals surface area contributed by atoms with Crippen molar-refractivity contribution in [1.82, 2.24) is 10.6 Å². The summed E-state index contributed by atoms with van der Waals surface area (Å²) < 4.78 is 10.9. The quantitative estimate of drug-likeness (QED) is 0.650. The maximum absolute atomic E-state index is 11.3. The van der Waals surface area contributed by atoms with Crippen molar-refractivity contribution < 1.29 is 9.00 Å². The summed E-state index contributed by atoms with van der Waals surface area (Å²) in [7, 11) is -0.772. The summed E-state index contributed by atoms with van der Waals surface area (Å²) in [6, 6.07) is 0.655. The van der Waals surface area contributed by atoms with Gasteiger partial charge in [0.05, 0.1) is 0 Å². The van der Waals surface area contributed by atoms with Crippen LogP contribution in [0, 0.1) is 0 Å². The van der Waals surface area contributed by atoms with E-state index >= 15 is 0 Å². The van der Waals surface area contributed by atoms with E-state index in [0.29, 0.717) is 24.8 Å². The van der Waals surface area contributed by atoms with E-state index < -0.39 is 10.8 Å². The first-order valence-electron chi connectivity index (χ1n) is 5.40. The molecular weight excluding hydrogens is 212 g/mol. The predicted molar refractivity (Wildman–Crippen MR) is 62.2 cm³/mol. The minimum Gasteiger partial charge on any atom is -0.353 e. The number of hydrogen-bond acceptors (Lipinski definition) is 3. The van der Waals surface area contributed by atoms with Crippen LogP contribution >= 0.6 is 0 Å². The summed E-state index contributed by atoms with van der Waals surface area (Å²) in [4.78, 5) is 11.3. The molecule has 88 valence electrons. The Labute approximate surface area is 93.7 Å². The zero-order valence-corrected chi connectivity index (χ0v) is 10.2. The molecule has 2 atom stereocenters. The van der Waals surface area contributed by atoms with Gasteiger partial charge in [0.2, 0.25) is 5.91 Å². The third-order valence-corrected chi connectivity index (χ3v) is 3.24. The predicted octanol–water partition coefficient (Wildman–Crippen LogP) is 0.0117. The van der Waals surface area contributed by atoms with E-state index in [0.717, 1.165) is 12.8 Å². The van der Waals surface area contributed by atoms with Gasteiger partial charge in [0.25, 0.3) is 0 Å². The highest BCUT2D eigenvalue weighted by atomic mass is 32.2. The first kappa shape index (κ1) is 12.6. The molecule has 2 unspecified atom stereocenters. The van der Waals surface area contributed by atoms with Crippen molar-refractivity contribution in [2.75, 3.05) is 18.6 Å². The second kappa shape index (κ2) is 6.23. The van der Waals surface area contributed by atoms with Crippen molar-refractivity contribution in [2.24, 2.45) is 0 Å². The molecular formula is C10H20N2O2S. The molecule has 1 amide bonds. The molecule has 1 aliphatic carbocycles. The van der Waals surface area contributed by atoms with E-state index in [4.69, 9.17) is 0 Å². The second-order valence-corrected chi connectivity index (χ2v) is 5.67. The lowest BCUT2D eigenvalue weighted by Gasteiger charge is -2.11. The molecule has 2 N–H and O–H groups in total. The van der Waals surface area contributed by atoms with Crippen LogP contribution in [0.2, 0.25) is 0 Å². The highest BCUT2D eigenvalue weighted by Crippen LogP contribution is 2.18. The molecule has 0 heterocycles. The van der Waals surface area contributed by atoms with Gasteiger partial charge in [-0.15, -0.1) is 0 Å². The van der Waals surface area contributed by atoms with Crippen molar-refractivity contribution in [3.05, 3.63) is 0 Å². The Morgan fingerprint density at radius 1 is 1.53 bits per heavy atom. The third kappa shape index (κ3) is 6.62. The van der Waals surface area contributed by atoms with Crippen molar-refractivity contribution >= 4 is 16.7 Å². The maximum atomic E-state index is 11.3. The minimum atomic E-state index is -0.772. The smallest absolute Gasteiger partial charge is 0.221 e. The van der Waals surface area contributed by atoms with E-state index in [1.54, 1.807) is 6.26 Å². The van der Waals surface area contributed by atoms with Crippen LogP contribution < -0.4 is 10.6 Å². The van der Waals surface area contributed by atoms with Crippen LogP contribution in [0.1, 0.15) is 26.2 Å². The first-order chi connectivity index (χ1) is 7.08. The van der Waals surface area contributed by atoms with Crippen LogP contribution in [0.15, 0.2) is 0 Å². The Morgan fingerprint density at radius 3 is 2.73 bits per heavy atom. The monoisotopic (exact) mass is 232 g/mol. The fourth-order valence-corrected chi connectivity index (χ4v) is 2.19. The van der Waals surface area contributed by atoms with Gasteiger partial charge in [-0.25, -0.2) is 0 Å².